The fourth-order valence-corrected chi connectivity index (χ4v) is 8.24. The molecule has 7 nitrogen and oxygen atoms in total. The van der Waals surface area contributed by atoms with E-state index in [0.717, 1.165) is 44.1 Å². The van der Waals surface area contributed by atoms with Gasteiger partial charge in [0, 0.05) is 22.8 Å². The van der Waals surface area contributed by atoms with Crippen LogP contribution in [0.5, 0.6) is 0 Å². The monoisotopic (exact) mass is 567 g/mol. The minimum Gasteiger partial charge on any atom is -0.359 e. The highest BCUT2D eigenvalue weighted by Crippen LogP contribution is 2.56. The fraction of sp³-hybridized carbons (Fsp3) is 0.656. The Kier molecular flexibility index (Phi) is 7.27. The van der Waals surface area contributed by atoms with Gasteiger partial charge in [-0.3, -0.25) is 14.4 Å². The molecule has 2 bridgehead atoms. The molecule has 1 spiro atoms. The number of nitrogens with one attached hydrogen (secondary N) is 2. The van der Waals surface area contributed by atoms with Crippen LogP contribution in [-0.4, -0.2) is 52.5 Å². The summed E-state index contributed by atoms with van der Waals surface area (Å²) in [6.07, 6.45) is 10.2. The zero-order chi connectivity index (χ0) is 28.3. The SMILES string of the molecule is Cc1ccc(NC(=O)[C@@H]2[C@@H]3C=C[C@]4(O3)[C@@H]2C(=O)N(C2CCC(C)CC2)[C@H]4C(=O)N[C@@H]2CCC[C@@H](C)[C@@H]2C)cc1Cl. The van der Waals surface area contributed by atoms with Gasteiger partial charge in [0.15, 0.2) is 0 Å². The van der Waals surface area contributed by atoms with Crippen LogP contribution in [0.3, 0.4) is 0 Å². The van der Waals surface area contributed by atoms with E-state index < -0.39 is 29.6 Å². The molecule has 1 aromatic carbocycles. The zero-order valence-corrected chi connectivity index (χ0v) is 24.7. The Balaban J connectivity index is 1.31. The highest BCUT2D eigenvalue weighted by atomic mass is 35.5. The Labute approximate surface area is 242 Å². The number of benzene rings is 1. The summed E-state index contributed by atoms with van der Waals surface area (Å²) in [5.41, 5.74) is 0.370. The molecule has 40 heavy (non-hydrogen) atoms. The Morgan fingerprint density at radius 1 is 1.05 bits per heavy atom. The molecule has 8 heteroatoms. The molecular formula is C32H42ClN3O4. The molecule has 3 heterocycles. The van der Waals surface area contributed by atoms with Gasteiger partial charge in [0.05, 0.1) is 17.9 Å². The van der Waals surface area contributed by atoms with Gasteiger partial charge >= 0.3 is 0 Å². The van der Waals surface area contributed by atoms with Crippen LogP contribution in [0.1, 0.15) is 71.3 Å². The van der Waals surface area contributed by atoms with Crippen molar-refractivity contribution in [1.29, 1.82) is 0 Å². The Hall–Kier alpha value is -2.38. The van der Waals surface area contributed by atoms with Crippen molar-refractivity contribution >= 4 is 35.0 Å². The van der Waals surface area contributed by atoms with Crippen molar-refractivity contribution in [3.05, 3.63) is 40.9 Å². The molecule has 3 aliphatic heterocycles. The number of ether oxygens (including phenoxy) is 1. The summed E-state index contributed by atoms with van der Waals surface area (Å²) < 4.78 is 6.56. The van der Waals surface area contributed by atoms with E-state index in [2.05, 4.69) is 31.4 Å². The number of aryl methyl sites for hydroxylation is 1. The summed E-state index contributed by atoms with van der Waals surface area (Å²) in [4.78, 5) is 44.2. The van der Waals surface area contributed by atoms with Crippen LogP contribution in [0.15, 0.2) is 30.4 Å². The highest BCUT2D eigenvalue weighted by Gasteiger charge is 2.73. The van der Waals surface area contributed by atoms with E-state index in [1.807, 2.05) is 36.1 Å². The lowest BCUT2D eigenvalue weighted by Gasteiger charge is -2.41. The molecule has 6 rings (SSSR count). The van der Waals surface area contributed by atoms with Gasteiger partial charge in [-0.25, -0.2) is 0 Å². The van der Waals surface area contributed by atoms with Crippen LogP contribution < -0.4 is 10.6 Å². The number of nitrogens with zero attached hydrogens (tertiary/aromatic N) is 1. The zero-order valence-electron chi connectivity index (χ0n) is 24.0. The van der Waals surface area contributed by atoms with Crippen molar-refractivity contribution in [2.45, 2.75) is 102 Å². The van der Waals surface area contributed by atoms with Crippen molar-refractivity contribution in [3.63, 3.8) is 0 Å². The number of anilines is 1. The second-order valence-electron chi connectivity index (χ2n) is 13.2. The van der Waals surface area contributed by atoms with Crippen LogP contribution in [0.4, 0.5) is 5.69 Å². The molecular weight excluding hydrogens is 526 g/mol. The number of amides is 3. The van der Waals surface area contributed by atoms with E-state index in [0.29, 0.717) is 28.5 Å². The maximum Gasteiger partial charge on any atom is 0.246 e. The molecule has 2 N–H and O–H groups in total. The maximum atomic E-state index is 14.4. The smallest absolute Gasteiger partial charge is 0.246 e. The van der Waals surface area contributed by atoms with E-state index in [1.165, 1.54) is 6.42 Å². The standard InChI is InChI=1S/C32H42ClN3O4/c1-17-8-12-22(13-9-17)36-28(30(38)35-24-7-5-6-18(2)20(24)4)32-15-14-25(40-32)26(27(32)31(36)39)29(37)34-21-11-10-19(3)23(33)16-21/h10-11,14-18,20,22,24-28H,5-9,12-13H2,1-4H3,(H,34,37)(H,35,38)/t17?,18-,20+,22?,24-,25+,26-,27+,28+,32+/m1/s1. The van der Waals surface area contributed by atoms with E-state index in [-0.39, 0.29) is 29.8 Å². The quantitative estimate of drug-likeness (QED) is 0.475. The topological polar surface area (TPSA) is 87.7 Å². The third-order valence-electron chi connectivity index (χ3n) is 10.7. The molecule has 1 aromatic rings. The van der Waals surface area contributed by atoms with E-state index in [4.69, 9.17) is 16.3 Å². The number of carbonyl (C=O) groups is 3. The summed E-state index contributed by atoms with van der Waals surface area (Å²) >= 11 is 6.31. The minimum atomic E-state index is -1.13. The van der Waals surface area contributed by atoms with Crippen LogP contribution in [0.25, 0.3) is 0 Å². The van der Waals surface area contributed by atoms with Crippen molar-refractivity contribution < 1.29 is 19.1 Å². The average Bonchev–Trinajstić information content (AvgIpc) is 3.57. The van der Waals surface area contributed by atoms with E-state index >= 15 is 0 Å². The number of hydrogen-bond acceptors (Lipinski definition) is 4. The number of halogens is 1. The number of hydrogen-bond donors (Lipinski definition) is 2. The summed E-state index contributed by atoms with van der Waals surface area (Å²) in [6.45, 7) is 8.62. The first-order chi connectivity index (χ1) is 19.1. The summed E-state index contributed by atoms with van der Waals surface area (Å²) in [6, 6.07) is 4.66. The molecule has 216 valence electrons. The summed E-state index contributed by atoms with van der Waals surface area (Å²) in [5.74, 6) is -0.486. The normalized spacial score (nSPS) is 40.3. The Bertz CT molecular complexity index is 1230. The summed E-state index contributed by atoms with van der Waals surface area (Å²) in [5, 5.41) is 6.91. The molecule has 4 fully saturated rings. The summed E-state index contributed by atoms with van der Waals surface area (Å²) in [7, 11) is 0. The molecule has 8 atom stereocenters. The number of carbonyl (C=O) groups excluding carboxylic acids is 3. The first-order valence-electron chi connectivity index (χ1n) is 15.2. The first kappa shape index (κ1) is 27.8. The number of likely N-dealkylation sites (tertiary alicyclic amines) is 1. The highest BCUT2D eigenvalue weighted by molar-refractivity contribution is 6.31. The second kappa shape index (κ2) is 10.5. The van der Waals surface area contributed by atoms with Crippen LogP contribution in [0.2, 0.25) is 5.02 Å². The van der Waals surface area contributed by atoms with Crippen molar-refractivity contribution in [3.8, 4) is 0 Å². The lowest BCUT2D eigenvalue weighted by molar-refractivity contribution is -0.145. The number of fused-ring (bicyclic) bond motifs is 1. The van der Waals surface area contributed by atoms with Gasteiger partial charge in [-0.15, -0.1) is 0 Å². The van der Waals surface area contributed by atoms with Crippen LogP contribution in [0, 0.1) is 36.5 Å². The Morgan fingerprint density at radius 3 is 2.52 bits per heavy atom. The molecule has 2 saturated heterocycles. The molecule has 0 aromatic heterocycles. The average molecular weight is 568 g/mol. The molecule has 0 radical (unpaired) electrons. The van der Waals surface area contributed by atoms with Crippen molar-refractivity contribution in [2.24, 2.45) is 29.6 Å². The first-order valence-corrected chi connectivity index (χ1v) is 15.5. The Morgan fingerprint density at radius 2 is 1.80 bits per heavy atom. The second-order valence-corrected chi connectivity index (χ2v) is 13.6. The van der Waals surface area contributed by atoms with Gasteiger partial charge in [0.2, 0.25) is 17.7 Å². The predicted molar refractivity (Wildman–Crippen MR) is 155 cm³/mol. The lowest BCUT2D eigenvalue weighted by atomic mass is 9.73. The number of rotatable bonds is 5. The van der Waals surface area contributed by atoms with Gasteiger partial charge in [-0.05, 0) is 74.5 Å². The van der Waals surface area contributed by atoms with Crippen LogP contribution in [-0.2, 0) is 19.1 Å². The molecule has 0 unspecified atom stereocenters. The maximum absolute atomic E-state index is 14.4. The molecule has 5 aliphatic rings. The van der Waals surface area contributed by atoms with E-state index in [1.54, 1.807) is 6.07 Å². The third kappa shape index (κ3) is 4.48. The van der Waals surface area contributed by atoms with Crippen molar-refractivity contribution in [1.82, 2.24) is 10.2 Å². The molecule has 2 aliphatic carbocycles. The molecule has 2 saturated carbocycles. The van der Waals surface area contributed by atoms with Crippen LogP contribution >= 0.6 is 11.6 Å². The minimum absolute atomic E-state index is 0.0298. The van der Waals surface area contributed by atoms with Gasteiger partial charge in [0.25, 0.3) is 0 Å². The lowest BCUT2D eigenvalue weighted by Crippen LogP contribution is -2.59. The third-order valence-corrected chi connectivity index (χ3v) is 11.1. The molecule has 3 amide bonds. The van der Waals surface area contributed by atoms with Gasteiger partial charge in [-0.1, -0.05) is 63.4 Å². The largest absolute Gasteiger partial charge is 0.359 e. The van der Waals surface area contributed by atoms with Gasteiger partial charge < -0.3 is 20.3 Å². The van der Waals surface area contributed by atoms with Gasteiger partial charge in [0.1, 0.15) is 11.6 Å². The predicted octanol–water partition coefficient (Wildman–Crippen LogP) is 5.26. The fourth-order valence-electron chi connectivity index (χ4n) is 8.06. The van der Waals surface area contributed by atoms with E-state index in [9.17, 15) is 14.4 Å². The van der Waals surface area contributed by atoms with Crippen molar-refractivity contribution in [2.75, 3.05) is 5.32 Å². The van der Waals surface area contributed by atoms with Gasteiger partial charge in [-0.2, -0.15) is 0 Å².